The molecular formula is C18H34IN5O3S. The van der Waals surface area contributed by atoms with Crippen molar-refractivity contribution in [1.82, 2.24) is 20.4 Å². The minimum atomic E-state index is -0.238. The first kappa shape index (κ1) is 25.1. The third-order valence-corrected chi connectivity index (χ3v) is 6.15. The van der Waals surface area contributed by atoms with Crippen LogP contribution >= 0.6 is 35.7 Å². The molecule has 0 aromatic carbocycles. The van der Waals surface area contributed by atoms with Gasteiger partial charge in [-0.25, -0.2) is 9.79 Å². The van der Waals surface area contributed by atoms with E-state index < -0.39 is 0 Å². The predicted molar refractivity (Wildman–Crippen MR) is 125 cm³/mol. The number of rotatable bonds is 6. The molecular weight excluding hydrogens is 493 g/mol. The molecule has 2 saturated heterocycles. The van der Waals surface area contributed by atoms with E-state index in [1.54, 1.807) is 23.9 Å². The van der Waals surface area contributed by atoms with Crippen molar-refractivity contribution in [3.8, 4) is 0 Å². The van der Waals surface area contributed by atoms with E-state index in [0.717, 1.165) is 19.4 Å². The lowest BCUT2D eigenvalue weighted by Gasteiger charge is -2.32. The minimum absolute atomic E-state index is 0. The lowest BCUT2D eigenvalue weighted by molar-refractivity contribution is -0.127. The third kappa shape index (κ3) is 8.62. The van der Waals surface area contributed by atoms with Gasteiger partial charge in [0, 0.05) is 45.0 Å². The number of nitrogens with zero attached hydrogens (tertiary/aromatic N) is 3. The number of likely N-dealkylation sites (N-methyl/N-ethyl adjacent to an activating group) is 1. The fourth-order valence-corrected chi connectivity index (χ4v) is 4.27. The highest BCUT2D eigenvalue weighted by molar-refractivity contribution is 14.0. The largest absolute Gasteiger partial charge is 0.450 e. The minimum Gasteiger partial charge on any atom is -0.450 e. The fraction of sp³-hybridized carbons (Fsp3) is 0.833. The molecule has 1 atom stereocenters. The van der Waals surface area contributed by atoms with Crippen molar-refractivity contribution in [2.45, 2.75) is 43.9 Å². The van der Waals surface area contributed by atoms with Gasteiger partial charge >= 0.3 is 6.09 Å². The zero-order chi connectivity index (χ0) is 19.6. The molecule has 2 aliphatic heterocycles. The molecule has 0 bridgehead atoms. The van der Waals surface area contributed by atoms with E-state index in [-0.39, 0.29) is 48.6 Å². The Kier molecular flexibility index (Phi) is 12.0. The molecule has 8 nitrogen and oxygen atoms in total. The maximum atomic E-state index is 11.9. The molecule has 2 amide bonds. The van der Waals surface area contributed by atoms with Gasteiger partial charge in [-0.1, -0.05) is 0 Å². The first-order valence-corrected chi connectivity index (χ1v) is 10.8. The Hall–Kier alpha value is -0.910. The van der Waals surface area contributed by atoms with E-state index in [2.05, 4.69) is 15.6 Å². The van der Waals surface area contributed by atoms with Gasteiger partial charge in [-0.05, 0) is 38.4 Å². The Bertz CT molecular complexity index is 521. The summed E-state index contributed by atoms with van der Waals surface area (Å²) < 4.78 is 5.07. The summed E-state index contributed by atoms with van der Waals surface area (Å²) in [4.78, 5) is 31.5. The van der Waals surface area contributed by atoms with E-state index in [0.29, 0.717) is 30.9 Å². The highest BCUT2D eigenvalue weighted by Gasteiger charge is 2.24. The molecule has 0 aliphatic carbocycles. The fourth-order valence-electron chi connectivity index (χ4n) is 3.07. The molecule has 2 rings (SSSR count). The van der Waals surface area contributed by atoms with Crippen LogP contribution in [0.15, 0.2) is 4.99 Å². The number of likely N-dealkylation sites (tertiary alicyclic amines) is 1. The van der Waals surface area contributed by atoms with Crippen LogP contribution in [0.5, 0.6) is 0 Å². The number of hydrogen-bond donors (Lipinski definition) is 2. The first-order chi connectivity index (χ1) is 13.0. The van der Waals surface area contributed by atoms with Gasteiger partial charge in [0.15, 0.2) is 5.96 Å². The second-order valence-corrected chi connectivity index (χ2v) is 8.48. The number of carbonyl (C=O) groups excluding carboxylic acids is 2. The Morgan fingerprint density at radius 3 is 2.54 bits per heavy atom. The lowest BCUT2D eigenvalue weighted by Crippen LogP contribution is -2.50. The van der Waals surface area contributed by atoms with Gasteiger partial charge in [0.05, 0.1) is 6.61 Å². The smallest absolute Gasteiger partial charge is 0.409 e. The van der Waals surface area contributed by atoms with Crippen molar-refractivity contribution in [3.05, 3.63) is 0 Å². The SMILES string of the molecule is CCOC(=O)N1CCC(NC(=NCC(=O)N(C)C)NCC2CCCS2)CC1.I. The van der Waals surface area contributed by atoms with Gasteiger partial charge in [0.1, 0.15) is 6.54 Å². The summed E-state index contributed by atoms with van der Waals surface area (Å²) in [7, 11) is 3.47. The number of nitrogens with one attached hydrogen (secondary N) is 2. The topological polar surface area (TPSA) is 86.3 Å². The predicted octanol–water partition coefficient (Wildman–Crippen LogP) is 1.74. The van der Waals surface area contributed by atoms with E-state index in [4.69, 9.17) is 4.74 Å². The highest BCUT2D eigenvalue weighted by atomic mass is 127. The molecule has 28 heavy (non-hydrogen) atoms. The maximum absolute atomic E-state index is 11.9. The molecule has 0 aromatic heterocycles. The van der Waals surface area contributed by atoms with Crippen molar-refractivity contribution in [1.29, 1.82) is 0 Å². The van der Waals surface area contributed by atoms with E-state index in [1.165, 1.54) is 18.6 Å². The van der Waals surface area contributed by atoms with E-state index >= 15 is 0 Å². The second kappa shape index (κ2) is 13.3. The number of piperidine rings is 1. The van der Waals surface area contributed by atoms with Gasteiger partial charge in [0.25, 0.3) is 0 Å². The molecule has 2 aliphatic rings. The number of hydrogen-bond acceptors (Lipinski definition) is 5. The van der Waals surface area contributed by atoms with Crippen LogP contribution < -0.4 is 10.6 Å². The maximum Gasteiger partial charge on any atom is 0.409 e. The monoisotopic (exact) mass is 527 g/mol. The molecule has 0 spiro atoms. The quantitative estimate of drug-likeness (QED) is 0.311. The van der Waals surface area contributed by atoms with Crippen molar-refractivity contribution >= 4 is 53.7 Å². The summed E-state index contributed by atoms with van der Waals surface area (Å²) in [6.07, 6.45) is 3.92. The molecule has 1 unspecified atom stereocenters. The molecule has 2 N–H and O–H groups in total. The van der Waals surface area contributed by atoms with Gasteiger partial charge < -0.3 is 25.2 Å². The van der Waals surface area contributed by atoms with Crippen molar-refractivity contribution in [2.75, 3.05) is 52.6 Å². The van der Waals surface area contributed by atoms with Crippen LogP contribution in [0.3, 0.4) is 0 Å². The van der Waals surface area contributed by atoms with E-state index in [1.807, 2.05) is 18.7 Å². The van der Waals surface area contributed by atoms with Crippen LogP contribution in [-0.4, -0.2) is 91.7 Å². The van der Waals surface area contributed by atoms with Crippen LogP contribution in [-0.2, 0) is 9.53 Å². The molecule has 162 valence electrons. The third-order valence-electron chi connectivity index (χ3n) is 4.75. The number of ether oxygens (including phenoxy) is 1. The van der Waals surface area contributed by atoms with E-state index in [9.17, 15) is 9.59 Å². The van der Waals surface area contributed by atoms with Crippen molar-refractivity contribution in [2.24, 2.45) is 4.99 Å². The van der Waals surface area contributed by atoms with Crippen LogP contribution in [0.4, 0.5) is 4.79 Å². The van der Waals surface area contributed by atoms with Gasteiger partial charge in [-0.15, -0.1) is 24.0 Å². The molecule has 0 saturated carbocycles. The normalized spacial score (nSPS) is 20.3. The summed E-state index contributed by atoms with van der Waals surface area (Å²) in [6.45, 7) is 4.53. The summed E-state index contributed by atoms with van der Waals surface area (Å²) in [5.41, 5.74) is 0. The molecule has 0 radical (unpaired) electrons. The lowest BCUT2D eigenvalue weighted by atomic mass is 10.1. The number of amides is 2. The Balaban J connectivity index is 0.00000392. The van der Waals surface area contributed by atoms with Gasteiger partial charge in [0.2, 0.25) is 5.91 Å². The van der Waals surface area contributed by atoms with Crippen LogP contribution in [0, 0.1) is 0 Å². The molecule has 2 fully saturated rings. The molecule has 0 aromatic rings. The summed E-state index contributed by atoms with van der Waals surface area (Å²) >= 11 is 1.99. The molecule has 10 heteroatoms. The Labute approximate surface area is 189 Å². The summed E-state index contributed by atoms with van der Waals surface area (Å²) in [5, 5.41) is 7.45. The van der Waals surface area contributed by atoms with Crippen molar-refractivity contribution in [3.63, 3.8) is 0 Å². The zero-order valence-corrected chi connectivity index (χ0v) is 20.3. The highest BCUT2D eigenvalue weighted by Crippen LogP contribution is 2.25. The summed E-state index contributed by atoms with van der Waals surface area (Å²) in [6, 6.07) is 0.229. The number of thioether (sulfide) groups is 1. The Morgan fingerprint density at radius 2 is 1.96 bits per heavy atom. The average molecular weight is 527 g/mol. The van der Waals surface area contributed by atoms with Crippen LogP contribution in [0.1, 0.15) is 32.6 Å². The summed E-state index contributed by atoms with van der Waals surface area (Å²) in [5.74, 6) is 1.88. The van der Waals surface area contributed by atoms with Crippen LogP contribution in [0.25, 0.3) is 0 Å². The second-order valence-electron chi connectivity index (χ2n) is 7.07. The average Bonchev–Trinajstić information content (AvgIpc) is 3.18. The Morgan fingerprint density at radius 1 is 1.25 bits per heavy atom. The number of halogens is 1. The van der Waals surface area contributed by atoms with Crippen LogP contribution in [0.2, 0.25) is 0 Å². The van der Waals surface area contributed by atoms with Gasteiger partial charge in [-0.3, -0.25) is 4.79 Å². The number of guanidine groups is 1. The van der Waals surface area contributed by atoms with Gasteiger partial charge in [-0.2, -0.15) is 11.8 Å². The van der Waals surface area contributed by atoms with Crippen molar-refractivity contribution < 1.29 is 14.3 Å². The first-order valence-electron chi connectivity index (χ1n) is 9.78. The zero-order valence-electron chi connectivity index (χ0n) is 17.1. The number of aliphatic imine (C=N–C) groups is 1. The molecule has 2 heterocycles. The number of carbonyl (C=O) groups is 2. The standard InChI is InChI=1S/C18H33N5O3S.HI/c1-4-26-18(25)23-9-7-14(8-10-23)21-17(20-13-16(24)22(2)3)19-12-15-6-5-11-27-15;/h14-15H,4-13H2,1-3H3,(H2,19,20,21);1H.